The fraction of sp³-hybridized carbons (Fsp3) is 0.538. The SMILES string of the molecule is Cc1c(NCC(C)(C)CCO)cc(N)cc1S(N)(=O)=O. The zero-order chi connectivity index (χ0) is 15.6. The first-order valence-corrected chi connectivity index (χ1v) is 7.89. The molecular weight excluding hydrogens is 278 g/mol. The minimum atomic E-state index is -3.80. The fourth-order valence-corrected chi connectivity index (χ4v) is 2.75. The first-order chi connectivity index (χ1) is 9.07. The highest BCUT2D eigenvalue weighted by molar-refractivity contribution is 7.89. The van der Waals surface area contributed by atoms with Crippen LogP contribution in [0.2, 0.25) is 0 Å². The van der Waals surface area contributed by atoms with E-state index in [2.05, 4.69) is 5.32 Å². The highest BCUT2D eigenvalue weighted by Gasteiger charge is 2.19. The van der Waals surface area contributed by atoms with Crippen LogP contribution in [0.25, 0.3) is 0 Å². The van der Waals surface area contributed by atoms with Gasteiger partial charge in [-0.2, -0.15) is 0 Å². The summed E-state index contributed by atoms with van der Waals surface area (Å²) in [7, 11) is -3.80. The van der Waals surface area contributed by atoms with Gasteiger partial charge < -0.3 is 16.2 Å². The molecule has 6 nitrogen and oxygen atoms in total. The van der Waals surface area contributed by atoms with Crippen molar-refractivity contribution in [3.05, 3.63) is 17.7 Å². The number of aliphatic hydroxyl groups is 1. The molecule has 114 valence electrons. The van der Waals surface area contributed by atoms with Gasteiger partial charge in [0, 0.05) is 24.5 Å². The molecule has 0 saturated heterocycles. The third kappa shape index (κ3) is 4.36. The van der Waals surface area contributed by atoms with Crippen molar-refractivity contribution in [1.82, 2.24) is 0 Å². The highest BCUT2D eigenvalue weighted by atomic mass is 32.2. The largest absolute Gasteiger partial charge is 0.399 e. The molecule has 0 radical (unpaired) electrons. The molecule has 0 unspecified atom stereocenters. The fourth-order valence-electron chi connectivity index (χ4n) is 1.91. The highest BCUT2D eigenvalue weighted by Crippen LogP contribution is 2.28. The second kappa shape index (κ2) is 5.99. The van der Waals surface area contributed by atoms with E-state index in [-0.39, 0.29) is 16.9 Å². The van der Waals surface area contributed by atoms with E-state index in [1.807, 2.05) is 13.8 Å². The Morgan fingerprint density at radius 3 is 2.45 bits per heavy atom. The number of nitrogens with two attached hydrogens (primary N) is 2. The van der Waals surface area contributed by atoms with E-state index in [4.69, 9.17) is 16.0 Å². The van der Waals surface area contributed by atoms with Gasteiger partial charge in [-0.05, 0) is 36.5 Å². The van der Waals surface area contributed by atoms with Gasteiger partial charge in [0.15, 0.2) is 0 Å². The lowest BCUT2D eigenvalue weighted by molar-refractivity contribution is 0.220. The zero-order valence-electron chi connectivity index (χ0n) is 12.1. The molecule has 7 heteroatoms. The first kappa shape index (κ1) is 16.7. The van der Waals surface area contributed by atoms with E-state index >= 15 is 0 Å². The van der Waals surface area contributed by atoms with Crippen LogP contribution in [0.4, 0.5) is 11.4 Å². The van der Waals surface area contributed by atoms with Crippen molar-refractivity contribution in [2.75, 3.05) is 24.2 Å². The minimum Gasteiger partial charge on any atom is -0.399 e. The summed E-state index contributed by atoms with van der Waals surface area (Å²) in [6.07, 6.45) is 0.642. The molecule has 0 spiro atoms. The van der Waals surface area contributed by atoms with Crippen LogP contribution in [0.1, 0.15) is 25.8 Å². The third-order valence-electron chi connectivity index (χ3n) is 3.23. The molecule has 0 aromatic heterocycles. The Kier molecular flexibility index (Phi) is 5.01. The lowest BCUT2D eigenvalue weighted by Crippen LogP contribution is -2.25. The number of nitrogens with one attached hydrogen (secondary N) is 1. The minimum absolute atomic E-state index is 0.0277. The van der Waals surface area contributed by atoms with Crippen LogP contribution in [0, 0.1) is 12.3 Å². The summed E-state index contributed by atoms with van der Waals surface area (Å²) in [4.78, 5) is 0.0277. The van der Waals surface area contributed by atoms with Crippen LogP contribution in [0.3, 0.4) is 0 Å². The maximum atomic E-state index is 11.5. The summed E-state index contributed by atoms with van der Waals surface area (Å²) in [5.74, 6) is 0. The molecule has 20 heavy (non-hydrogen) atoms. The van der Waals surface area contributed by atoms with E-state index in [1.165, 1.54) is 6.07 Å². The van der Waals surface area contributed by atoms with Crippen molar-refractivity contribution in [3.8, 4) is 0 Å². The molecule has 0 saturated carbocycles. The van der Waals surface area contributed by atoms with Gasteiger partial charge >= 0.3 is 0 Å². The Balaban J connectivity index is 3.06. The number of benzene rings is 1. The lowest BCUT2D eigenvalue weighted by atomic mass is 9.89. The molecular formula is C13H23N3O3S. The summed E-state index contributed by atoms with van der Waals surface area (Å²) < 4.78 is 23.0. The normalized spacial score (nSPS) is 12.4. The quantitative estimate of drug-likeness (QED) is 0.586. The van der Waals surface area contributed by atoms with Gasteiger partial charge in [0.2, 0.25) is 10.0 Å². The Morgan fingerprint density at radius 2 is 1.95 bits per heavy atom. The van der Waals surface area contributed by atoms with Crippen molar-refractivity contribution in [3.63, 3.8) is 0 Å². The summed E-state index contributed by atoms with van der Waals surface area (Å²) in [5, 5.41) is 17.4. The van der Waals surface area contributed by atoms with Crippen molar-refractivity contribution < 1.29 is 13.5 Å². The number of aliphatic hydroxyl groups excluding tert-OH is 1. The van der Waals surface area contributed by atoms with Crippen molar-refractivity contribution in [2.24, 2.45) is 10.6 Å². The number of sulfonamides is 1. The summed E-state index contributed by atoms with van der Waals surface area (Å²) in [6.45, 7) is 6.40. The monoisotopic (exact) mass is 301 g/mol. The molecule has 0 amide bonds. The predicted molar refractivity (Wildman–Crippen MR) is 80.9 cm³/mol. The molecule has 0 aliphatic rings. The van der Waals surface area contributed by atoms with E-state index in [0.29, 0.717) is 29.9 Å². The molecule has 0 aliphatic heterocycles. The lowest BCUT2D eigenvalue weighted by Gasteiger charge is -2.25. The van der Waals surface area contributed by atoms with Gasteiger partial charge in [-0.3, -0.25) is 0 Å². The molecule has 6 N–H and O–H groups in total. The second-order valence-electron chi connectivity index (χ2n) is 5.73. The Labute approximate surface area is 120 Å². The van der Waals surface area contributed by atoms with Crippen molar-refractivity contribution in [2.45, 2.75) is 32.1 Å². The van der Waals surface area contributed by atoms with Gasteiger partial charge in [0.1, 0.15) is 0 Å². The number of nitrogen functional groups attached to an aromatic ring is 1. The van der Waals surface area contributed by atoms with E-state index in [1.54, 1.807) is 13.0 Å². The number of hydrogen-bond donors (Lipinski definition) is 4. The molecule has 0 aliphatic carbocycles. The van der Waals surface area contributed by atoms with Crippen LogP contribution in [0.5, 0.6) is 0 Å². The Hall–Kier alpha value is -1.31. The van der Waals surface area contributed by atoms with Crippen LogP contribution in [-0.2, 0) is 10.0 Å². The smallest absolute Gasteiger partial charge is 0.238 e. The molecule has 0 fully saturated rings. The predicted octanol–water partition coefficient (Wildman–Crippen LogP) is 1.05. The molecule has 1 rings (SSSR count). The zero-order valence-corrected chi connectivity index (χ0v) is 12.9. The van der Waals surface area contributed by atoms with Crippen molar-refractivity contribution >= 4 is 21.4 Å². The average molecular weight is 301 g/mol. The standard InChI is InChI=1S/C13H23N3O3S/c1-9-11(16-8-13(2,3)4-5-17)6-10(14)7-12(9)20(15,18)19/h6-7,16-17H,4-5,8,14H2,1-3H3,(H2,15,18,19). The van der Waals surface area contributed by atoms with Gasteiger partial charge in [0.05, 0.1) is 4.90 Å². The molecule has 0 atom stereocenters. The Bertz CT molecular complexity index is 583. The van der Waals surface area contributed by atoms with Gasteiger partial charge in [-0.15, -0.1) is 0 Å². The summed E-state index contributed by atoms with van der Waals surface area (Å²) in [6, 6.07) is 3.04. The molecule has 0 heterocycles. The third-order valence-corrected chi connectivity index (χ3v) is 4.27. The summed E-state index contributed by atoms with van der Waals surface area (Å²) >= 11 is 0. The molecule has 1 aromatic rings. The average Bonchev–Trinajstić information content (AvgIpc) is 2.28. The van der Waals surface area contributed by atoms with E-state index in [0.717, 1.165) is 0 Å². The van der Waals surface area contributed by atoms with Gasteiger partial charge in [-0.1, -0.05) is 13.8 Å². The van der Waals surface area contributed by atoms with Crippen LogP contribution >= 0.6 is 0 Å². The number of primary sulfonamides is 1. The number of rotatable bonds is 6. The molecule has 0 bridgehead atoms. The molecule has 1 aromatic carbocycles. The van der Waals surface area contributed by atoms with Crippen LogP contribution < -0.4 is 16.2 Å². The number of hydrogen-bond acceptors (Lipinski definition) is 5. The van der Waals surface area contributed by atoms with Crippen LogP contribution in [0.15, 0.2) is 17.0 Å². The van der Waals surface area contributed by atoms with Gasteiger partial charge in [-0.25, -0.2) is 13.6 Å². The second-order valence-corrected chi connectivity index (χ2v) is 7.26. The number of anilines is 2. The first-order valence-electron chi connectivity index (χ1n) is 6.34. The van der Waals surface area contributed by atoms with Crippen LogP contribution in [-0.4, -0.2) is 26.7 Å². The Morgan fingerprint density at radius 1 is 1.35 bits per heavy atom. The van der Waals surface area contributed by atoms with Gasteiger partial charge in [0.25, 0.3) is 0 Å². The van der Waals surface area contributed by atoms with E-state index in [9.17, 15) is 8.42 Å². The topological polar surface area (TPSA) is 118 Å². The van der Waals surface area contributed by atoms with Crippen molar-refractivity contribution in [1.29, 1.82) is 0 Å². The summed E-state index contributed by atoms with van der Waals surface area (Å²) in [5.41, 5.74) is 7.12. The maximum Gasteiger partial charge on any atom is 0.238 e. The maximum absolute atomic E-state index is 11.5. The van der Waals surface area contributed by atoms with E-state index < -0.39 is 10.0 Å².